The van der Waals surface area contributed by atoms with Gasteiger partial charge in [-0.25, -0.2) is 0 Å². The van der Waals surface area contributed by atoms with Crippen LogP contribution < -0.4 is 0 Å². The predicted octanol–water partition coefficient (Wildman–Crippen LogP) is 3.30. The van der Waals surface area contributed by atoms with E-state index in [4.69, 9.17) is 8.85 Å². The highest BCUT2D eigenvalue weighted by Crippen LogP contribution is 2.45. The summed E-state index contributed by atoms with van der Waals surface area (Å²) >= 11 is 0. The maximum atomic E-state index is 11.2. The van der Waals surface area contributed by atoms with Gasteiger partial charge >= 0.3 is 0 Å². The van der Waals surface area contributed by atoms with Crippen LogP contribution in [0.4, 0.5) is 0 Å². The molecule has 0 radical (unpaired) electrons. The standard InChI is InChI=1S/C12H26O4Si2/c1-10(13)15-17(5,6)9-12(3,4)18(7,8)16-11(2)14/h9H2,1-8H3. The second kappa shape index (κ2) is 5.56. The highest BCUT2D eigenvalue weighted by molar-refractivity contribution is 6.80. The molecule has 0 saturated heterocycles. The number of hydrogen-bond donors (Lipinski definition) is 0. The Morgan fingerprint density at radius 3 is 1.67 bits per heavy atom. The van der Waals surface area contributed by atoms with Gasteiger partial charge in [0.2, 0.25) is 8.32 Å². The van der Waals surface area contributed by atoms with E-state index in [9.17, 15) is 9.59 Å². The summed E-state index contributed by atoms with van der Waals surface area (Å²) in [6.45, 7) is 15.2. The molecule has 0 aliphatic carbocycles. The van der Waals surface area contributed by atoms with Gasteiger partial charge in [-0.2, -0.15) is 0 Å². The van der Waals surface area contributed by atoms with Crippen LogP contribution in [0.2, 0.25) is 37.3 Å². The summed E-state index contributed by atoms with van der Waals surface area (Å²) in [5.74, 6) is -0.457. The van der Waals surface area contributed by atoms with Crippen molar-refractivity contribution in [2.75, 3.05) is 0 Å². The van der Waals surface area contributed by atoms with E-state index in [1.807, 2.05) is 26.2 Å². The fourth-order valence-electron chi connectivity index (χ4n) is 2.20. The van der Waals surface area contributed by atoms with Crippen molar-refractivity contribution in [3.63, 3.8) is 0 Å². The minimum atomic E-state index is -2.16. The third-order valence-corrected chi connectivity index (χ3v) is 10.5. The molecule has 0 aliphatic rings. The molecule has 0 N–H and O–H groups in total. The van der Waals surface area contributed by atoms with E-state index in [0.717, 1.165) is 6.04 Å². The average Bonchev–Trinajstić information content (AvgIpc) is 1.93. The number of hydrogen-bond acceptors (Lipinski definition) is 4. The Labute approximate surface area is 112 Å². The second-order valence-electron chi connectivity index (χ2n) is 6.52. The summed E-state index contributed by atoms with van der Waals surface area (Å²) in [6.07, 6.45) is 0. The van der Waals surface area contributed by atoms with Gasteiger partial charge in [0.15, 0.2) is 0 Å². The van der Waals surface area contributed by atoms with E-state index < -0.39 is 16.6 Å². The third-order valence-electron chi connectivity index (χ3n) is 3.32. The molecule has 0 bridgehead atoms. The second-order valence-corrected chi connectivity index (χ2v) is 15.2. The first-order valence-electron chi connectivity index (χ1n) is 6.18. The van der Waals surface area contributed by atoms with Gasteiger partial charge in [0, 0.05) is 13.8 Å². The molecule has 0 unspecified atom stereocenters. The molecule has 0 spiro atoms. The van der Waals surface area contributed by atoms with Crippen molar-refractivity contribution in [1.29, 1.82) is 0 Å². The molecule has 0 amide bonds. The van der Waals surface area contributed by atoms with Crippen LogP contribution in [0.3, 0.4) is 0 Å². The zero-order chi connectivity index (χ0) is 14.8. The minimum absolute atomic E-state index is 0.121. The van der Waals surface area contributed by atoms with Crippen LogP contribution in [0.15, 0.2) is 0 Å². The minimum Gasteiger partial charge on any atom is -0.520 e. The molecule has 0 fully saturated rings. The molecular formula is C12H26O4Si2. The third kappa shape index (κ3) is 5.35. The predicted molar refractivity (Wildman–Crippen MR) is 77.3 cm³/mol. The molecular weight excluding hydrogens is 264 g/mol. The molecule has 0 aromatic heterocycles. The topological polar surface area (TPSA) is 52.6 Å². The molecule has 0 rings (SSSR count). The molecule has 4 nitrogen and oxygen atoms in total. The van der Waals surface area contributed by atoms with Crippen LogP contribution in [0.1, 0.15) is 27.7 Å². The van der Waals surface area contributed by atoms with Gasteiger partial charge in [0.25, 0.3) is 20.3 Å². The fraction of sp³-hybridized carbons (Fsp3) is 0.833. The molecule has 6 heteroatoms. The van der Waals surface area contributed by atoms with Crippen LogP contribution >= 0.6 is 0 Å². The van der Waals surface area contributed by atoms with Crippen LogP contribution in [-0.2, 0) is 18.4 Å². The first-order valence-corrected chi connectivity index (χ1v) is 12.2. The Hall–Kier alpha value is -0.626. The Balaban J connectivity index is 4.93. The van der Waals surface area contributed by atoms with Gasteiger partial charge in [0.05, 0.1) is 0 Å². The normalized spacial score (nSPS) is 13.1. The summed E-state index contributed by atoms with van der Waals surface area (Å²) < 4.78 is 11.0. The highest BCUT2D eigenvalue weighted by atomic mass is 28.4. The number of carbonyl (C=O) groups is 2. The Morgan fingerprint density at radius 2 is 1.33 bits per heavy atom. The van der Waals surface area contributed by atoms with Crippen molar-refractivity contribution in [3.05, 3.63) is 0 Å². The highest BCUT2D eigenvalue weighted by Gasteiger charge is 2.48. The smallest absolute Gasteiger partial charge is 0.289 e. The van der Waals surface area contributed by atoms with E-state index >= 15 is 0 Å². The first kappa shape index (κ1) is 17.4. The fourth-order valence-corrected chi connectivity index (χ4v) is 9.15. The number of carbonyl (C=O) groups excluding carboxylic acids is 2. The Bertz CT molecular complexity index is 335. The Kier molecular flexibility index (Phi) is 5.37. The van der Waals surface area contributed by atoms with E-state index in [1.165, 1.54) is 13.8 Å². The lowest BCUT2D eigenvalue weighted by Gasteiger charge is -2.41. The molecule has 0 aliphatic heterocycles. The van der Waals surface area contributed by atoms with Gasteiger partial charge in [-0.1, -0.05) is 13.8 Å². The van der Waals surface area contributed by atoms with Crippen LogP contribution in [0.5, 0.6) is 0 Å². The van der Waals surface area contributed by atoms with Crippen molar-refractivity contribution in [2.24, 2.45) is 0 Å². The summed E-state index contributed by atoms with van der Waals surface area (Å²) in [5.41, 5.74) is 0. The van der Waals surface area contributed by atoms with E-state index in [-0.39, 0.29) is 17.0 Å². The van der Waals surface area contributed by atoms with Crippen LogP contribution in [0, 0.1) is 0 Å². The lowest BCUT2D eigenvalue weighted by atomic mass is 10.2. The average molecular weight is 291 g/mol. The molecule has 0 aromatic carbocycles. The van der Waals surface area contributed by atoms with E-state index in [0.29, 0.717) is 0 Å². The van der Waals surface area contributed by atoms with E-state index in [1.54, 1.807) is 0 Å². The van der Waals surface area contributed by atoms with Crippen molar-refractivity contribution >= 4 is 28.6 Å². The molecule has 0 atom stereocenters. The lowest BCUT2D eigenvalue weighted by molar-refractivity contribution is -0.134. The molecule has 18 heavy (non-hydrogen) atoms. The van der Waals surface area contributed by atoms with Crippen molar-refractivity contribution in [1.82, 2.24) is 0 Å². The summed E-state index contributed by atoms with van der Waals surface area (Å²) in [4.78, 5) is 22.3. The van der Waals surface area contributed by atoms with Crippen molar-refractivity contribution in [2.45, 2.75) is 65.0 Å². The van der Waals surface area contributed by atoms with Crippen LogP contribution in [0.25, 0.3) is 0 Å². The summed E-state index contributed by atoms with van der Waals surface area (Å²) in [6, 6.07) is 0.798. The van der Waals surface area contributed by atoms with Crippen molar-refractivity contribution < 1.29 is 18.4 Å². The zero-order valence-corrected chi connectivity index (χ0v) is 14.8. The van der Waals surface area contributed by atoms with Gasteiger partial charge in [-0.05, 0) is 37.3 Å². The molecule has 106 valence electrons. The first-order chi connectivity index (χ1) is 7.79. The van der Waals surface area contributed by atoms with E-state index in [2.05, 4.69) is 13.8 Å². The van der Waals surface area contributed by atoms with Crippen LogP contribution in [-0.4, -0.2) is 28.6 Å². The van der Waals surface area contributed by atoms with Gasteiger partial charge < -0.3 is 8.85 Å². The van der Waals surface area contributed by atoms with Gasteiger partial charge in [-0.3, -0.25) is 9.59 Å². The largest absolute Gasteiger partial charge is 0.520 e. The Morgan fingerprint density at radius 1 is 0.944 bits per heavy atom. The monoisotopic (exact) mass is 290 g/mol. The quantitative estimate of drug-likeness (QED) is 0.729. The summed E-state index contributed by atoms with van der Waals surface area (Å²) in [5, 5.41) is -0.121. The lowest BCUT2D eigenvalue weighted by Crippen LogP contribution is -2.48. The van der Waals surface area contributed by atoms with Gasteiger partial charge in [-0.15, -0.1) is 0 Å². The molecule has 0 aromatic rings. The van der Waals surface area contributed by atoms with Crippen molar-refractivity contribution in [3.8, 4) is 0 Å². The summed E-state index contributed by atoms with van der Waals surface area (Å²) in [7, 11) is -4.23. The number of rotatable bonds is 5. The van der Waals surface area contributed by atoms with Gasteiger partial charge in [0.1, 0.15) is 0 Å². The maximum Gasteiger partial charge on any atom is 0.289 e. The molecule has 0 saturated carbocycles. The maximum absolute atomic E-state index is 11.2. The SMILES string of the molecule is CC(=O)O[Si](C)(C)CC(C)(C)[Si](C)(C)OC(C)=O. The zero-order valence-electron chi connectivity index (χ0n) is 12.8. The molecule has 0 heterocycles.